The van der Waals surface area contributed by atoms with Crippen LogP contribution in [0.2, 0.25) is 0 Å². The number of nitrogens with one attached hydrogen (secondary N) is 1. The third-order valence-corrected chi connectivity index (χ3v) is 4.33. The molecule has 4 aromatic rings. The molecule has 0 aliphatic carbocycles. The Morgan fingerprint density at radius 2 is 1.97 bits per heavy atom. The summed E-state index contributed by atoms with van der Waals surface area (Å²) >= 11 is 0. The minimum atomic E-state index is -0.918. The van der Waals surface area contributed by atoms with Gasteiger partial charge in [-0.2, -0.15) is 5.10 Å². The monoisotopic (exact) mass is 394 g/mol. The molecule has 0 saturated heterocycles. The molecule has 0 radical (unpaired) electrons. The zero-order chi connectivity index (χ0) is 20.4. The Hall–Kier alpha value is -3.81. The highest BCUT2D eigenvalue weighted by Gasteiger charge is 2.14. The molecule has 8 heteroatoms. The molecule has 0 spiro atoms. The van der Waals surface area contributed by atoms with Crippen molar-refractivity contribution in [1.82, 2.24) is 14.8 Å². The maximum Gasteiger partial charge on any atom is 0.258 e. The number of halogens is 2. The molecule has 4 rings (SSSR count). The van der Waals surface area contributed by atoms with Gasteiger partial charge in [-0.25, -0.2) is 13.8 Å². The number of carbonyl (C=O) groups is 1. The van der Waals surface area contributed by atoms with E-state index in [0.717, 1.165) is 23.4 Å². The maximum absolute atomic E-state index is 13.7. The van der Waals surface area contributed by atoms with Crippen molar-refractivity contribution < 1.29 is 18.0 Å². The van der Waals surface area contributed by atoms with Gasteiger partial charge < -0.3 is 9.73 Å². The summed E-state index contributed by atoms with van der Waals surface area (Å²) in [7, 11) is 0. The van der Waals surface area contributed by atoms with Crippen LogP contribution in [-0.2, 0) is 6.54 Å². The van der Waals surface area contributed by atoms with Gasteiger partial charge in [-0.15, -0.1) is 0 Å². The maximum atomic E-state index is 13.7. The van der Waals surface area contributed by atoms with Crippen LogP contribution in [0.5, 0.6) is 0 Å². The first-order valence-corrected chi connectivity index (χ1v) is 8.80. The molecule has 0 aliphatic heterocycles. The lowest BCUT2D eigenvalue weighted by atomic mass is 10.1. The molecule has 146 valence electrons. The van der Waals surface area contributed by atoms with Crippen LogP contribution in [-0.4, -0.2) is 20.7 Å². The number of aryl methyl sites for hydroxylation is 1. The number of hydrogen-bond donors (Lipinski definition) is 1. The van der Waals surface area contributed by atoms with Crippen molar-refractivity contribution in [3.8, 4) is 11.5 Å². The predicted molar refractivity (Wildman–Crippen MR) is 102 cm³/mol. The van der Waals surface area contributed by atoms with E-state index in [2.05, 4.69) is 15.4 Å². The summed E-state index contributed by atoms with van der Waals surface area (Å²) in [5.41, 5.74) is 1.73. The van der Waals surface area contributed by atoms with Gasteiger partial charge in [0.1, 0.15) is 23.1 Å². The fourth-order valence-electron chi connectivity index (χ4n) is 2.81. The van der Waals surface area contributed by atoms with Gasteiger partial charge in [0, 0.05) is 29.7 Å². The molecule has 29 heavy (non-hydrogen) atoms. The van der Waals surface area contributed by atoms with Crippen molar-refractivity contribution in [2.45, 2.75) is 13.5 Å². The second kappa shape index (κ2) is 7.67. The molecule has 6 nitrogen and oxygen atoms in total. The van der Waals surface area contributed by atoms with Crippen LogP contribution in [0.1, 0.15) is 21.8 Å². The molecule has 0 unspecified atom stereocenters. The Morgan fingerprint density at radius 3 is 2.66 bits per heavy atom. The van der Waals surface area contributed by atoms with Crippen LogP contribution in [0.3, 0.4) is 0 Å². The summed E-state index contributed by atoms with van der Waals surface area (Å²) in [4.78, 5) is 16.7. The molecule has 1 N–H and O–H groups in total. The number of rotatable bonds is 5. The quantitative estimate of drug-likeness (QED) is 0.544. The number of nitrogens with zero attached hydrogens (tertiary/aromatic N) is 3. The van der Waals surface area contributed by atoms with Gasteiger partial charge >= 0.3 is 0 Å². The van der Waals surface area contributed by atoms with E-state index < -0.39 is 17.5 Å². The van der Waals surface area contributed by atoms with Crippen molar-refractivity contribution in [3.05, 3.63) is 89.6 Å². The molecule has 2 aromatic heterocycles. The molecule has 2 heterocycles. The molecule has 2 aromatic carbocycles. The van der Waals surface area contributed by atoms with E-state index in [0.29, 0.717) is 29.9 Å². The van der Waals surface area contributed by atoms with E-state index in [1.807, 2.05) is 19.2 Å². The van der Waals surface area contributed by atoms with Crippen LogP contribution >= 0.6 is 0 Å². The molecular formula is C21H16F2N4O2. The normalized spacial score (nSPS) is 10.9. The van der Waals surface area contributed by atoms with E-state index in [9.17, 15) is 13.6 Å². The fourth-order valence-corrected chi connectivity index (χ4v) is 2.81. The summed E-state index contributed by atoms with van der Waals surface area (Å²) in [6.45, 7) is 2.33. The van der Waals surface area contributed by atoms with Gasteiger partial charge in [0.05, 0.1) is 12.1 Å². The van der Waals surface area contributed by atoms with E-state index in [1.54, 1.807) is 35.1 Å². The van der Waals surface area contributed by atoms with Crippen LogP contribution < -0.4 is 5.32 Å². The van der Waals surface area contributed by atoms with E-state index in [-0.39, 0.29) is 5.56 Å². The SMILES string of the molecule is Cc1oc(-c2ccc(NC(=O)c3ccc(F)cc3F)cc2)nc1Cn1cccn1. The fraction of sp³-hybridized carbons (Fsp3) is 0.0952. The van der Waals surface area contributed by atoms with Crippen molar-refractivity contribution >= 4 is 11.6 Å². The van der Waals surface area contributed by atoms with Gasteiger partial charge in [0.2, 0.25) is 5.89 Å². The molecule has 1 amide bonds. The molecule has 0 atom stereocenters. The Balaban J connectivity index is 1.48. The number of anilines is 1. The second-order valence-corrected chi connectivity index (χ2v) is 6.38. The topological polar surface area (TPSA) is 73.0 Å². The molecule has 0 bridgehead atoms. The summed E-state index contributed by atoms with van der Waals surface area (Å²) in [5, 5.41) is 6.74. The lowest BCUT2D eigenvalue weighted by molar-refractivity contribution is 0.102. The van der Waals surface area contributed by atoms with Crippen LogP contribution in [0.25, 0.3) is 11.5 Å². The Labute approximate surface area is 164 Å². The molecule has 0 aliphatic rings. The third kappa shape index (κ3) is 4.06. The number of aromatic nitrogens is 3. The number of amides is 1. The van der Waals surface area contributed by atoms with E-state index in [1.165, 1.54) is 0 Å². The number of hydrogen-bond acceptors (Lipinski definition) is 4. The van der Waals surface area contributed by atoms with Gasteiger partial charge in [-0.05, 0) is 49.4 Å². The van der Waals surface area contributed by atoms with Crippen molar-refractivity contribution in [2.75, 3.05) is 5.32 Å². The zero-order valence-corrected chi connectivity index (χ0v) is 15.4. The highest BCUT2D eigenvalue weighted by atomic mass is 19.1. The Bertz CT molecular complexity index is 1150. The zero-order valence-electron chi connectivity index (χ0n) is 15.4. The Kier molecular flexibility index (Phi) is 4.90. The first kappa shape index (κ1) is 18.5. The van der Waals surface area contributed by atoms with Crippen molar-refractivity contribution in [2.24, 2.45) is 0 Å². The highest BCUT2D eigenvalue weighted by Crippen LogP contribution is 2.24. The average molecular weight is 394 g/mol. The smallest absolute Gasteiger partial charge is 0.258 e. The third-order valence-electron chi connectivity index (χ3n) is 4.33. The van der Waals surface area contributed by atoms with Gasteiger partial charge in [-0.1, -0.05) is 0 Å². The van der Waals surface area contributed by atoms with E-state index >= 15 is 0 Å². The largest absolute Gasteiger partial charge is 0.441 e. The van der Waals surface area contributed by atoms with Crippen molar-refractivity contribution in [1.29, 1.82) is 0 Å². The standard InChI is InChI=1S/C21H16F2N4O2/c1-13-19(12-27-10-2-9-24-27)26-21(29-13)14-3-6-16(7-4-14)25-20(28)17-8-5-15(22)11-18(17)23/h2-11H,12H2,1H3,(H,25,28). The van der Waals surface area contributed by atoms with Crippen LogP contribution in [0.4, 0.5) is 14.5 Å². The lowest BCUT2D eigenvalue weighted by Crippen LogP contribution is -2.13. The second-order valence-electron chi connectivity index (χ2n) is 6.38. The molecular weight excluding hydrogens is 378 g/mol. The van der Waals surface area contributed by atoms with E-state index in [4.69, 9.17) is 4.42 Å². The lowest BCUT2D eigenvalue weighted by Gasteiger charge is -2.06. The first-order valence-electron chi connectivity index (χ1n) is 8.80. The van der Waals surface area contributed by atoms with Crippen LogP contribution in [0.15, 0.2) is 65.3 Å². The summed E-state index contributed by atoms with van der Waals surface area (Å²) in [5.74, 6) is -1.17. The number of carbonyl (C=O) groups excluding carboxylic acids is 1. The minimum absolute atomic E-state index is 0.234. The van der Waals surface area contributed by atoms with Crippen LogP contribution in [0, 0.1) is 18.6 Å². The first-order chi connectivity index (χ1) is 14.0. The number of benzene rings is 2. The summed E-state index contributed by atoms with van der Waals surface area (Å²) in [6, 6.07) is 11.4. The number of oxazole rings is 1. The molecule has 0 saturated carbocycles. The highest BCUT2D eigenvalue weighted by molar-refractivity contribution is 6.04. The van der Waals surface area contributed by atoms with Crippen molar-refractivity contribution in [3.63, 3.8) is 0 Å². The van der Waals surface area contributed by atoms with Gasteiger partial charge in [0.25, 0.3) is 5.91 Å². The summed E-state index contributed by atoms with van der Waals surface area (Å²) in [6.07, 6.45) is 3.54. The minimum Gasteiger partial charge on any atom is -0.441 e. The van der Waals surface area contributed by atoms with Gasteiger partial charge in [-0.3, -0.25) is 9.48 Å². The average Bonchev–Trinajstić information content (AvgIpc) is 3.33. The summed E-state index contributed by atoms with van der Waals surface area (Å²) < 4.78 is 34.2. The molecule has 0 fully saturated rings. The Morgan fingerprint density at radius 1 is 1.17 bits per heavy atom. The predicted octanol–water partition coefficient (Wildman–Crippen LogP) is 4.43. The van der Waals surface area contributed by atoms with Gasteiger partial charge in [0.15, 0.2) is 0 Å².